The van der Waals surface area contributed by atoms with Gasteiger partial charge in [-0.1, -0.05) is 20.8 Å². The Morgan fingerprint density at radius 1 is 1.40 bits per heavy atom. The molecule has 2 heterocycles. The fraction of sp³-hybridized carbons (Fsp3) is 0.636. The molecule has 82 valence electrons. The summed E-state index contributed by atoms with van der Waals surface area (Å²) in [6.07, 6.45) is 0.856. The lowest BCUT2D eigenvalue weighted by Crippen LogP contribution is -2.22. The maximum atomic E-state index is 5.63. The Bertz CT molecular complexity index is 363. The molecule has 0 radical (unpaired) electrons. The van der Waals surface area contributed by atoms with Crippen LogP contribution in [0.25, 0.3) is 0 Å². The number of hydrogen-bond donors (Lipinski definition) is 1. The summed E-state index contributed by atoms with van der Waals surface area (Å²) in [5.74, 6) is 2.95. The van der Waals surface area contributed by atoms with Gasteiger partial charge in [-0.15, -0.1) is 0 Å². The zero-order valence-corrected chi connectivity index (χ0v) is 9.50. The lowest BCUT2D eigenvalue weighted by molar-refractivity contribution is 0.313. The molecule has 0 unspecified atom stereocenters. The molecule has 1 N–H and O–H groups in total. The monoisotopic (exact) mass is 207 g/mol. The standard InChI is InChI=1S/C11H17N3O/c1-4-8-13-9(7(2)3)10-11(14-8)12-5-6-15-10/h7H,4-6H2,1-3H3,(H,12,13,14). The van der Waals surface area contributed by atoms with Gasteiger partial charge in [0.05, 0.1) is 12.2 Å². The Morgan fingerprint density at radius 2 is 2.20 bits per heavy atom. The maximum Gasteiger partial charge on any atom is 0.183 e. The van der Waals surface area contributed by atoms with Crippen LogP contribution in [0.1, 0.15) is 38.2 Å². The highest BCUT2D eigenvalue weighted by Crippen LogP contribution is 2.32. The molecule has 1 aliphatic heterocycles. The van der Waals surface area contributed by atoms with Gasteiger partial charge in [-0.05, 0) is 5.92 Å². The molecule has 1 aromatic heterocycles. The van der Waals surface area contributed by atoms with Crippen LogP contribution in [0.2, 0.25) is 0 Å². The van der Waals surface area contributed by atoms with Crippen LogP contribution in [-0.2, 0) is 6.42 Å². The molecule has 0 aliphatic carbocycles. The minimum atomic E-state index is 0.368. The highest BCUT2D eigenvalue weighted by Gasteiger charge is 2.20. The van der Waals surface area contributed by atoms with E-state index in [1.54, 1.807) is 0 Å². The zero-order chi connectivity index (χ0) is 10.8. The first kappa shape index (κ1) is 10.2. The second-order valence-corrected chi connectivity index (χ2v) is 3.99. The van der Waals surface area contributed by atoms with Crippen LogP contribution < -0.4 is 10.1 Å². The summed E-state index contributed by atoms with van der Waals surface area (Å²) in [6, 6.07) is 0. The van der Waals surface area contributed by atoms with E-state index in [9.17, 15) is 0 Å². The number of nitrogens with one attached hydrogen (secondary N) is 1. The average molecular weight is 207 g/mol. The molecule has 1 aromatic rings. The minimum Gasteiger partial charge on any atom is -0.486 e. The summed E-state index contributed by atoms with van der Waals surface area (Å²) in [6.45, 7) is 7.84. The van der Waals surface area contributed by atoms with Crippen LogP contribution in [0.5, 0.6) is 5.75 Å². The number of fused-ring (bicyclic) bond motifs is 1. The molecule has 0 fully saturated rings. The van der Waals surface area contributed by atoms with Crippen molar-refractivity contribution in [1.29, 1.82) is 0 Å². The van der Waals surface area contributed by atoms with E-state index in [4.69, 9.17) is 4.74 Å². The number of hydrogen-bond acceptors (Lipinski definition) is 4. The molecular formula is C11H17N3O. The van der Waals surface area contributed by atoms with Gasteiger partial charge in [-0.3, -0.25) is 0 Å². The molecule has 0 saturated heterocycles. The number of aromatic nitrogens is 2. The fourth-order valence-electron chi connectivity index (χ4n) is 1.65. The molecule has 4 nitrogen and oxygen atoms in total. The van der Waals surface area contributed by atoms with Gasteiger partial charge in [0.25, 0.3) is 0 Å². The second-order valence-electron chi connectivity index (χ2n) is 3.99. The third-order valence-electron chi connectivity index (χ3n) is 2.44. The first-order valence-electron chi connectivity index (χ1n) is 5.49. The van der Waals surface area contributed by atoms with Crippen molar-refractivity contribution in [2.24, 2.45) is 0 Å². The van der Waals surface area contributed by atoms with E-state index in [1.165, 1.54) is 0 Å². The average Bonchev–Trinajstić information content (AvgIpc) is 2.27. The molecule has 0 bridgehead atoms. The van der Waals surface area contributed by atoms with E-state index in [2.05, 4.69) is 36.1 Å². The highest BCUT2D eigenvalue weighted by atomic mass is 16.5. The summed E-state index contributed by atoms with van der Waals surface area (Å²) in [4.78, 5) is 8.96. The van der Waals surface area contributed by atoms with Crippen molar-refractivity contribution in [2.45, 2.75) is 33.1 Å². The van der Waals surface area contributed by atoms with Gasteiger partial charge in [0.2, 0.25) is 0 Å². The van der Waals surface area contributed by atoms with Gasteiger partial charge in [0.15, 0.2) is 11.6 Å². The summed E-state index contributed by atoms with van der Waals surface area (Å²) in [7, 11) is 0. The number of ether oxygens (including phenoxy) is 1. The van der Waals surface area contributed by atoms with Crippen molar-refractivity contribution in [3.8, 4) is 5.75 Å². The smallest absolute Gasteiger partial charge is 0.183 e. The summed E-state index contributed by atoms with van der Waals surface area (Å²) < 4.78 is 5.63. The van der Waals surface area contributed by atoms with Crippen molar-refractivity contribution in [1.82, 2.24) is 9.97 Å². The van der Waals surface area contributed by atoms with E-state index in [-0.39, 0.29) is 0 Å². The predicted molar refractivity (Wildman–Crippen MR) is 59.5 cm³/mol. The van der Waals surface area contributed by atoms with E-state index >= 15 is 0 Å². The van der Waals surface area contributed by atoms with Crippen molar-refractivity contribution in [3.63, 3.8) is 0 Å². The van der Waals surface area contributed by atoms with Crippen LogP contribution in [0.4, 0.5) is 5.82 Å². The number of rotatable bonds is 2. The lowest BCUT2D eigenvalue weighted by Gasteiger charge is -2.22. The van der Waals surface area contributed by atoms with Crippen molar-refractivity contribution >= 4 is 5.82 Å². The highest BCUT2D eigenvalue weighted by molar-refractivity contribution is 5.55. The van der Waals surface area contributed by atoms with E-state index in [0.29, 0.717) is 12.5 Å². The van der Waals surface area contributed by atoms with Crippen molar-refractivity contribution in [2.75, 3.05) is 18.5 Å². The molecular weight excluding hydrogens is 190 g/mol. The first-order valence-corrected chi connectivity index (χ1v) is 5.49. The Balaban J connectivity index is 2.50. The van der Waals surface area contributed by atoms with Gasteiger partial charge >= 0.3 is 0 Å². The predicted octanol–water partition coefficient (Wildman–Crippen LogP) is 1.97. The fourth-order valence-corrected chi connectivity index (χ4v) is 1.65. The topological polar surface area (TPSA) is 47.0 Å². The summed E-state index contributed by atoms with van der Waals surface area (Å²) >= 11 is 0. The lowest BCUT2D eigenvalue weighted by atomic mass is 10.1. The quantitative estimate of drug-likeness (QED) is 0.805. The van der Waals surface area contributed by atoms with Crippen LogP contribution >= 0.6 is 0 Å². The number of aryl methyl sites for hydroxylation is 1. The first-order chi connectivity index (χ1) is 7.22. The van der Waals surface area contributed by atoms with Crippen LogP contribution in [0, 0.1) is 0 Å². The molecule has 15 heavy (non-hydrogen) atoms. The molecule has 0 atom stereocenters. The Labute approximate surface area is 90.1 Å². The largest absolute Gasteiger partial charge is 0.486 e. The molecule has 4 heteroatoms. The molecule has 0 aromatic carbocycles. The van der Waals surface area contributed by atoms with Crippen LogP contribution in [-0.4, -0.2) is 23.1 Å². The molecule has 2 rings (SSSR count). The molecule has 0 amide bonds. The van der Waals surface area contributed by atoms with Crippen molar-refractivity contribution < 1.29 is 4.74 Å². The van der Waals surface area contributed by atoms with Gasteiger partial charge < -0.3 is 10.1 Å². The molecule has 1 aliphatic rings. The summed E-state index contributed by atoms with van der Waals surface area (Å²) in [5, 5.41) is 3.26. The van der Waals surface area contributed by atoms with Crippen LogP contribution in [0.15, 0.2) is 0 Å². The van der Waals surface area contributed by atoms with E-state index < -0.39 is 0 Å². The van der Waals surface area contributed by atoms with Gasteiger partial charge in [-0.25, -0.2) is 9.97 Å². The second kappa shape index (κ2) is 4.04. The number of anilines is 1. The number of nitrogens with zero attached hydrogens (tertiary/aromatic N) is 2. The van der Waals surface area contributed by atoms with Crippen molar-refractivity contribution in [3.05, 3.63) is 11.5 Å². The third kappa shape index (κ3) is 1.89. The SMILES string of the molecule is CCc1nc2c(c(C(C)C)n1)OCCN2. The maximum absolute atomic E-state index is 5.63. The van der Waals surface area contributed by atoms with E-state index in [1.807, 2.05) is 0 Å². The van der Waals surface area contributed by atoms with Gasteiger partial charge in [-0.2, -0.15) is 0 Å². The molecule has 0 spiro atoms. The minimum absolute atomic E-state index is 0.368. The Morgan fingerprint density at radius 3 is 2.87 bits per heavy atom. The zero-order valence-electron chi connectivity index (χ0n) is 9.50. The Kier molecular flexibility index (Phi) is 2.75. The van der Waals surface area contributed by atoms with E-state index in [0.717, 1.165) is 36.1 Å². The molecule has 0 saturated carbocycles. The third-order valence-corrected chi connectivity index (χ3v) is 2.44. The Hall–Kier alpha value is -1.32. The van der Waals surface area contributed by atoms with Gasteiger partial charge in [0, 0.05) is 6.42 Å². The normalized spacial score (nSPS) is 14.4. The summed E-state index contributed by atoms with van der Waals surface area (Å²) in [5.41, 5.74) is 1.02. The van der Waals surface area contributed by atoms with Crippen LogP contribution in [0.3, 0.4) is 0 Å². The van der Waals surface area contributed by atoms with Gasteiger partial charge in [0.1, 0.15) is 12.4 Å².